The molecule has 14 heteroatoms. The van der Waals surface area contributed by atoms with Gasteiger partial charge in [-0.1, -0.05) is 0 Å². The summed E-state index contributed by atoms with van der Waals surface area (Å²) < 4.78 is 98.1. The van der Waals surface area contributed by atoms with Crippen molar-refractivity contribution in [3.8, 4) is 0 Å². The number of sulfonamides is 1. The molecule has 0 aliphatic carbocycles. The Morgan fingerprint density at radius 3 is 2.28 bits per heavy atom. The average Bonchev–Trinajstić information content (AvgIpc) is 3.34. The average molecular weight is 559 g/mol. The quantitative estimate of drug-likeness (QED) is 0.181. The molecule has 3 N–H and O–H groups in total. The van der Waals surface area contributed by atoms with E-state index in [-0.39, 0.29) is 22.4 Å². The van der Waals surface area contributed by atoms with Gasteiger partial charge in [-0.05, 0) is 54.6 Å². The fraction of sp³-hybridized carbons (Fsp3) is 0. The summed E-state index contributed by atoms with van der Waals surface area (Å²) in [7, 11) is -4.88. The van der Waals surface area contributed by atoms with E-state index >= 15 is 4.39 Å². The third-order valence-corrected chi connectivity index (χ3v) is 6.95. The molecule has 8 nitrogen and oxygen atoms in total. The molecule has 5 aromatic rings. The van der Waals surface area contributed by atoms with Crippen molar-refractivity contribution in [1.29, 1.82) is 0 Å². The molecule has 0 amide bonds. The van der Waals surface area contributed by atoms with Crippen molar-refractivity contribution >= 4 is 44.0 Å². The lowest BCUT2D eigenvalue weighted by molar-refractivity contribution is 0.103. The normalized spacial score (nSPS) is 11.5. The number of hydrogen-bond acceptors (Lipinski definition) is 6. The van der Waals surface area contributed by atoms with E-state index in [1.54, 1.807) is 4.72 Å². The topological polar surface area (TPSA) is 117 Å². The first-order chi connectivity index (χ1) is 18.5. The van der Waals surface area contributed by atoms with Gasteiger partial charge in [0.15, 0.2) is 5.82 Å². The van der Waals surface area contributed by atoms with Crippen LogP contribution < -0.4 is 10.0 Å². The molecule has 2 aromatic heterocycles. The van der Waals surface area contributed by atoms with Crippen LogP contribution in [0.4, 0.5) is 39.1 Å². The fourth-order valence-corrected chi connectivity index (χ4v) is 4.91. The van der Waals surface area contributed by atoms with Crippen LogP contribution in [0.25, 0.3) is 11.0 Å². The Morgan fingerprint density at radius 1 is 0.846 bits per heavy atom. The summed E-state index contributed by atoms with van der Waals surface area (Å²) in [4.78, 5) is 23.0. The summed E-state index contributed by atoms with van der Waals surface area (Å²) >= 11 is 0. The Bertz CT molecular complexity index is 1860. The lowest BCUT2D eigenvalue weighted by Gasteiger charge is -2.13. The lowest BCUT2D eigenvalue weighted by atomic mass is 10.0. The van der Waals surface area contributed by atoms with E-state index in [2.05, 4.69) is 20.3 Å². The first-order valence-corrected chi connectivity index (χ1v) is 12.4. The van der Waals surface area contributed by atoms with Gasteiger partial charge in [-0.25, -0.2) is 40.3 Å². The highest BCUT2D eigenvalue weighted by Crippen LogP contribution is 2.31. The molecule has 0 aliphatic heterocycles. The SMILES string of the molecule is O=C(c1c(F)ccc(NS(=O)(=O)c2cc(F)ccc2F)c1F)c1c[nH]c2ncnc(Nc3ccc(F)cc3)c12. The standard InChI is InChI=1S/C25H14F5N5O3S/c26-12-1-4-14(5-2-12)34-25-20-15(10-31-24(20)32-11-33-25)23(36)21-17(29)7-8-18(22(21)30)35-39(37,38)19-9-13(27)3-6-16(19)28/h1-11,35H,(H2,31,32,33,34). The maximum absolute atomic E-state index is 15.4. The van der Waals surface area contributed by atoms with Crippen molar-refractivity contribution < 1.29 is 35.2 Å². The summed E-state index contributed by atoms with van der Waals surface area (Å²) in [6.45, 7) is 0. The second-order valence-electron chi connectivity index (χ2n) is 8.07. The second-order valence-corrected chi connectivity index (χ2v) is 9.72. The number of benzene rings is 3. The van der Waals surface area contributed by atoms with E-state index < -0.39 is 61.0 Å². The van der Waals surface area contributed by atoms with Crippen LogP contribution >= 0.6 is 0 Å². The van der Waals surface area contributed by atoms with Crippen molar-refractivity contribution in [1.82, 2.24) is 15.0 Å². The molecule has 0 saturated carbocycles. The van der Waals surface area contributed by atoms with Gasteiger partial charge in [0, 0.05) is 11.9 Å². The number of anilines is 3. The van der Waals surface area contributed by atoms with Gasteiger partial charge in [0.1, 0.15) is 46.0 Å². The molecule has 0 aliphatic rings. The Hall–Kier alpha value is -4.85. The van der Waals surface area contributed by atoms with E-state index in [4.69, 9.17) is 0 Å². The first-order valence-electron chi connectivity index (χ1n) is 10.9. The van der Waals surface area contributed by atoms with Crippen LogP contribution in [-0.4, -0.2) is 29.2 Å². The molecule has 0 unspecified atom stereocenters. The molecule has 5 rings (SSSR count). The Balaban J connectivity index is 1.55. The smallest absolute Gasteiger partial charge is 0.265 e. The van der Waals surface area contributed by atoms with E-state index in [1.165, 1.54) is 24.3 Å². The van der Waals surface area contributed by atoms with E-state index in [1.807, 2.05) is 0 Å². The molecule has 0 spiro atoms. The number of halogens is 5. The van der Waals surface area contributed by atoms with Crippen LogP contribution in [0.1, 0.15) is 15.9 Å². The van der Waals surface area contributed by atoms with Crippen LogP contribution in [0.3, 0.4) is 0 Å². The van der Waals surface area contributed by atoms with Gasteiger partial charge in [-0.2, -0.15) is 0 Å². The number of carbonyl (C=O) groups excluding carboxylic acids is 1. The zero-order valence-corrected chi connectivity index (χ0v) is 20.1. The Morgan fingerprint density at radius 2 is 1.54 bits per heavy atom. The number of aromatic nitrogens is 3. The van der Waals surface area contributed by atoms with Gasteiger partial charge in [-0.3, -0.25) is 9.52 Å². The number of nitrogens with zero attached hydrogens (tertiary/aromatic N) is 2. The van der Waals surface area contributed by atoms with Crippen molar-refractivity contribution in [3.05, 3.63) is 107 Å². The van der Waals surface area contributed by atoms with Gasteiger partial charge in [0.2, 0.25) is 5.78 Å². The minimum atomic E-state index is -4.88. The summed E-state index contributed by atoms with van der Waals surface area (Å²) in [5, 5.41) is 2.91. The van der Waals surface area contributed by atoms with Crippen molar-refractivity contribution in [2.45, 2.75) is 4.90 Å². The highest BCUT2D eigenvalue weighted by atomic mass is 32.2. The predicted octanol–water partition coefficient (Wildman–Crippen LogP) is 5.43. The number of H-pyrrole nitrogens is 1. The van der Waals surface area contributed by atoms with Gasteiger partial charge in [0.25, 0.3) is 10.0 Å². The molecule has 0 bridgehead atoms. The monoisotopic (exact) mass is 559 g/mol. The maximum atomic E-state index is 15.4. The third-order valence-electron chi connectivity index (χ3n) is 5.57. The molecular weight excluding hydrogens is 545 g/mol. The number of hydrogen-bond donors (Lipinski definition) is 3. The van der Waals surface area contributed by atoms with Gasteiger partial charge in [0.05, 0.1) is 22.2 Å². The van der Waals surface area contributed by atoms with E-state index in [0.717, 1.165) is 12.5 Å². The van der Waals surface area contributed by atoms with Gasteiger partial charge in [-0.15, -0.1) is 0 Å². The van der Waals surface area contributed by atoms with Crippen LogP contribution in [0.2, 0.25) is 0 Å². The molecule has 0 saturated heterocycles. The molecule has 0 atom stereocenters. The molecule has 0 radical (unpaired) electrons. The predicted molar refractivity (Wildman–Crippen MR) is 131 cm³/mol. The van der Waals surface area contributed by atoms with Crippen molar-refractivity contribution in [2.75, 3.05) is 10.0 Å². The highest BCUT2D eigenvalue weighted by Gasteiger charge is 2.28. The third kappa shape index (κ3) is 4.88. The highest BCUT2D eigenvalue weighted by molar-refractivity contribution is 7.92. The Kier molecular flexibility index (Phi) is 6.48. The number of carbonyl (C=O) groups is 1. The van der Waals surface area contributed by atoms with Crippen molar-refractivity contribution in [2.24, 2.45) is 0 Å². The summed E-state index contributed by atoms with van der Waals surface area (Å²) in [5.74, 6) is -6.95. The van der Waals surface area contributed by atoms with Gasteiger partial charge < -0.3 is 10.3 Å². The second kappa shape index (κ2) is 9.79. The minimum Gasteiger partial charge on any atom is -0.345 e. The fourth-order valence-electron chi connectivity index (χ4n) is 3.76. The van der Waals surface area contributed by atoms with E-state index in [9.17, 15) is 30.8 Å². The molecule has 198 valence electrons. The van der Waals surface area contributed by atoms with Gasteiger partial charge >= 0.3 is 0 Å². The number of rotatable bonds is 7. The molecule has 2 heterocycles. The minimum absolute atomic E-state index is 0.0402. The molecule has 0 fully saturated rings. The van der Waals surface area contributed by atoms with Crippen molar-refractivity contribution in [3.63, 3.8) is 0 Å². The van der Waals surface area contributed by atoms with Crippen LogP contribution in [-0.2, 0) is 10.0 Å². The maximum Gasteiger partial charge on any atom is 0.265 e. The number of aromatic amines is 1. The van der Waals surface area contributed by atoms with E-state index in [0.29, 0.717) is 36.0 Å². The van der Waals surface area contributed by atoms with Crippen LogP contribution in [0, 0.1) is 29.1 Å². The number of nitrogens with one attached hydrogen (secondary N) is 3. The van der Waals surface area contributed by atoms with Crippen LogP contribution in [0.15, 0.2) is 72.0 Å². The number of ketones is 1. The first kappa shape index (κ1) is 25.8. The zero-order valence-electron chi connectivity index (χ0n) is 19.3. The Labute approximate surface area is 216 Å². The zero-order chi connectivity index (χ0) is 27.9. The molecule has 39 heavy (non-hydrogen) atoms. The summed E-state index contributed by atoms with van der Waals surface area (Å²) in [5.41, 5.74) is -1.78. The largest absolute Gasteiger partial charge is 0.345 e. The molecule has 3 aromatic carbocycles. The molecular formula is C25H14F5N5O3S. The lowest BCUT2D eigenvalue weighted by Crippen LogP contribution is -2.18. The summed E-state index contributed by atoms with van der Waals surface area (Å²) in [6, 6.07) is 8.11. The summed E-state index contributed by atoms with van der Waals surface area (Å²) in [6.07, 6.45) is 2.29. The number of fused-ring (bicyclic) bond motifs is 1. The van der Waals surface area contributed by atoms with Crippen LogP contribution in [0.5, 0.6) is 0 Å².